The summed E-state index contributed by atoms with van der Waals surface area (Å²) < 4.78 is 17.0. The van der Waals surface area contributed by atoms with Gasteiger partial charge in [-0.1, -0.05) is 108 Å². The number of quaternary nitrogens is 1. The molecule has 0 aliphatic rings. The molecular weight excluding hydrogens is 582 g/mol. The molecular formula is C38H67NO7. The van der Waals surface area contributed by atoms with Gasteiger partial charge in [0.05, 0.1) is 40.3 Å². The molecule has 0 saturated heterocycles. The largest absolute Gasteiger partial charge is 0.544 e. The van der Waals surface area contributed by atoms with E-state index < -0.39 is 18.1 Å². The highest BCUT2D eigenvalue weighted by molar-refractivity contribution is 5.70. The van der Waals surface area contributed by atoms with Crippen molar-refractivity contribution in [1.82, 2.24) is 0 Å². The predicted octanol–water partition coefficient (Wildman–Crippen LogP) is 7.40. The number of ether oxygens (including phenoxy) is 3. The molecule has 266 valence electrons. The number of aliphatic carboxylic acids is 1. The summed E-state index contributed by atoms with van der Waals surface area (Å²) in [6, 6.07) is -0.725. The van der Waals surface area contributed by atoms with Crippen LogP contribution in [0.25, 0.3) is 0 Å². The number of carboxylic acid groups (broad SMARTS) is 1. The Balaban J connectivity index is 4.45. The molecule has 0 N–H and O–H groups in total. The molecule has 0 fully saturated rings. The third kappa shape index (κ3) is 27.8. The van der Waals surface area contributed by atoms with Gasteiger partial charge in [-0.15, -0.1) is 0 Å². The molecule has 0 radical (unpaired) electrons. The molecule has 0 heterocycles. The Bertz CT molecular complexity index is 860. The molecule has 0 aromatic carbocycles. The fraction of sp³-hybridized carbons (Fsp3) is 0.763. The van der Waals surface area contributed by atoms with Crippen molar-refractivity contribution >= 4 is 17.9 Å². The van der Waals surface area contributed by atoms with Gasteiger partial charge in [-0.2, -0.15) is 0 Å². The van der Waals surface area contributed by atoms with Crippen LogP contribution in [0.5, 0.6) is 0 Å². The molecule has 0 aliphatic heterocycles. The number of carbonyl (C=O) groups is 3. The zero-order valence-electron chi connectivity index (χ0n) is 30.0. The Kier molecular flexibility index (Phi) is 28.3. The van der Waals surface area contributed by atoms with Gasteiger partial charge in [0.25, 0.3) is 0 Å². The highest BCUT2D eigenvalue weighted by Crippen LogP contribution is 2.12. The summed E-state index contributed by atoms with van der Waals surface area (Å²) >= 11 is 0. The molecule has 0 saturated carbocycles. The molecule has 8 heteroatoms. The maximum atomic E-state index is 12.5. The summed E-state index contributed by atoms with van der Waals surface area (Å²) in [6.45, 7) is 4.47. The van der Waals surface area contributed by atoms with Crippen molar-refractivity contribution in [3.63, 3.8) is 0 Å². The van der Waals surface area contributed by atoms with Gasteiger partial charge in [-0.05, 0) is 44.9 Å². The van der Waals surface area contributed by atoms with Gasteiger partial charge < -0.3 is 28.6 Å². The molecule has 8 nitrogen and oxygen atoms in total. The molecule has 0 bridgehead atoms. The van der Waals surface area contributed by atoms with Crippen LogP contribution in [-0.2, 0) is 28.6 Å². The summed E-state index contributed by atoms with van der Waals surface area (Å²) in [7, 11) is 5.38. The molecule has 0 rings (SSSR count). The van der Waals surface area contributed by atoms with E-state index in [0.29, 0.717) is 12.8 Å². The molecule has 2 atom stereocenters. The number of esters is 2. The van der Waals surface area contributed by atoms with Gasteiger partial charge >= 0.3 is 11.9 Å². The Morgan fingerprint density at radius 2 is 1.22 bits per heavy atom. The van der Waals surface area contributed by atoms with Crippen LogP contribution in [0.4, 0.5) is 0 Å². The molecule has 0 aromatic heterocycles. The number of nitrogens with zero attached hydrogens (tertiary/aromatic N) is 1. The second kappa shape index (κ2) is 29.9. The molecule has 46 heavy (non-hydrogen) atoms. The van der Waals surface area contributed by atoms with Crippen molar-refractivity contribution in [2.75, 3.05) is 41.0 Å². The topological polar surface area (TPSA) is 102 Å². The first-order valence-corrected chi connectivity index (χ1v) is 18.0. The third-order valence-electron chi connectivity index (χ3n) is 7.79. The summed E-state index contributed by atoms with van der Waals surface area (Å²) in [4.78, 5) is 36.5. The van der Waals surface area contributed by atoms with Crippen molar-refractivity contribution in [3.8, 4) is 0 Å². The minimum atomic E-state index is -1.13. The molecule has 0 amide bonds. The van der Waals surface area contributed by atoms with E-state index in [0.717, 1.165) is 70.6 Å². The lowest BCUT2D eigenvalue weighted by Crippen LogP contribution is -2.55. The number of hydrogen-bond acceptors (Lipinski definition) is 7. The number of allylic oxidation sites excluding steroid dienone is 6. The van der Waals surface area contributed by atoms with Crippen LogP contribution in [0.15, 0.2) is 36.5 Å². The number of unbranched alkanes of at least 4 members (excludes halogenated alkanes) is 11. The quantitative estimate of drug-likeness (QED) is 0.0334. The number of rotatable bonds is 31. The van der Waals surface area contributed by atoms with Crippen LogP contribution in [-0.4, -0.2) is 75.5 Å². The van der Waals surface area contributed by atoms with E-state index in [-0.39, 0.29) is 42.7 Å². The van der Waals surface area contributed by atoms with E-state index in [2.05, 4.69) is 50.3 Å². The lowest BCUT2D eigenvalue weighted by molar-refractivity contribution is -0.889. The van der Waals surface area contributed by atoms with Crippen molar-refractivity contribution in [2.45, 2.75) is 148 Å². The Morgan fingerprint density at radius 3 is 1.80 bits per heavy atom. The summed E-state index contributed by atoms with van der Waals surface area (Å²) in [5, 5.41) is 11.5. The van der Waals surface area contributed by atoms with Crippen LogP contribution in [0, 0.1) is 0 Å². The fourth-order valence-corrected chi connectivity index (χ4v) is 4.97. The summed E-state index contributed by atoms with van der Waals surface area (Å²) in [6.07, 6.45) is 30.3. The van der Waals surface area contributed by atoms with Gasteiger partial charge in [0.15, 0.2) is 6.10 Å². The number of hydrogen-bond donors (Lipinski definition) is 0. The van der Waals surface area contributed by atoms with E-state index in [1.165, 1.54) is 32.1 Å². The first-order valence-electron chi connectivity index (χ1n) is 18.0. The second-order valence-corrected chi connectivity index (χ2v) is 13.1. The number of likely N-dealkylation sites (N-methyl/N-ethyl adjacent to an activating group) is 1. The van der Waals surface area contributed by atoms with E-state index in [1.54, 1.807) is 21.1 Å². The molecule has 0 aliphatic carbocycles. The minimum Gasteiger partial charge on any atom is -0.544 e. The second-order valence-electron chi connectivity index (χ2n) is 13.1. The minimum absolute atomic E-state index is 0.0343. The summed E-state index contributed by atoms with van der Waals surface area (Å²) in [5.74, 6) is -1.77. The Labute approximate surface area is 281 Å². The van der Waals surface area contributed by atoms with Crippen LogP contribution in [0.2, 0.25) is 0 Å². The average molecular weight is 650 g/mol. The number of carbonyl (C=O) groups excluding carboxylic acids is 3. The lowest BCUT2D eigenvalue weighted by Gasteiger charge is -2.34. The zero-order chi connectivity index (χ0) is 34.3. The monoisotopic (exact) mass is 649 g/mol. The van der Waals surface area contributed by atoms with Gasteiger partial charge in [-0.3, -0.25) is 9.59 Å². The zero-order valence-corrected chi connectivity index (χ0v) is 30.0. The first-order chi connectivity index (χ1) is 22.1. The van der Waals surface area contributed by atoms with Crippen molar-refractivity contribution in [2.24, 2.45) is 0 Å². The maximum absolute atomic E-state index is 12.5. The van der Waals surface area contributed by atoms with Gasteiger partial charge in [0, 0.05) is 19.3 Å². The van der Waals surface area contributed by atoms with E-state index in [1.807, 2.05) is 0 Å². The van der Waals surface area contributed by atoms with Crippen LogP contribution in [0.1, 0.15) is 136 Å². The highest BCUT2D eigenvalue weighted by Gasteiger charge is 2.25. The molecule has 0 aromatic rings. The highest BCUT2D eigenvalue weighted by atomic mass is 16.6. The normalized spacial score (nSPS) is 13.5. The van der Waals surface area contributed by atoms with E-state index >= 15 is 0 Å². The fourth-order valence-electron chi connectivity index (χ4n) is 4.97. The van der Waals surface area contributed by atoms with Crippen molar-refractivity contribution in [1.29, 1.82) is 0 Å². The maximum Gasteiger partial charge on any atom is 0.306 e. The Morgan fingerprint density at radius 1 is 0.674 bits per heavy atom. The lowest BCUT2D eigenvalue weighted by atomic mass is 10.1. The smallest absolute Gasteiger partial charge is 0.306 e. The van der Waals surface area contributed by atoms with Crippen LogP contribution in [0.3, 0.4) is 0 Å². The predicted molar refractivity (Wildman–Crippen MR) is 185 cm³/mol. The van der Waals surface area contributed by atoms with E-state index in [9.17, 15) is 19.5 Å². The van der Waals surface area contributed by atoms with Gasteiger partial charge in [-0.25, -0.2) is 0 Å². The van der Waals surface area contributed by atoms with Gasteiger partial charge in [0.2, 0.25) is 0 Å². The van der Waals surface area contributed by atoms with Crippen LogP contribution >= 0.6 is 0 Å². The van der Waals surface area contributed by atoms with Gasteiger partial charge in [0.1, 0.15) is 12.6 Å². The molecule has 0 spiro atoms. The van der Waals surface area contributed by atoms with Crippen LogP contribution < -0.4 is 5.11 Å². The average Bonchev–Trinajstić information content (AvgIpc) is 3.00. The first kappa shape index (κ1) is 43.5. The molecule has 2 unspecified atom stereocenters. The van der Waals surface area contributed by atoms with Crippen molar-refractivity contribution < 1.29 is 38.2 Å². The summed E-state index contributed by atoms with van der Waals surface area (Å²) in [5.41, 5.74) is 0. The standard InChI is InChI=1S/C38H67NO7/c1-6-8-10-12-14-16-17-18-19-20-21-23-24-26-28-36(40)45-33-34(32-44-31-30-35(38(42)43)39(3,4)5)46-37(41)29-27-25-22-15-13-11-9-7-2/h8,10,14,16,18-19,34-35H,6-7,9,11-13,15,17,20-33H2,1-5H3/b10-8+,16-14+,19-18+. The van der Waals surface area contributed by atoms with Crippen molar-refractivity contribution in [3.05, 3.63) is 36.5 Å². The SMILES string of the molecule is CC/C=C/C/C=C/C/C=C/CCCCCCC(=O)OCC(COCCC(C(=O)[O-])[N+](C)(C)C)OC(=O)CCCCCCCCCC. The Hall–Kier alpha value is -2.45. The van der Waals surface area contributed by atoms with E-state index in [4.69, 9.17) is 14.2 Å². The number of carboxylic acids is 1. The third-order valence-corrected chi connectivity index (χ3v) is 7.79.